The van der Waals surface area contributed by atoms with Crippen LogP contribution in [0.5, 0.6) is 0 Å². The van der Waals surface area contributed by atoms with Gasteiger partial charge in [-0.2, -0.15) is 0 Å². The van der Waals surface area contributed by atoms with E-state index in [2.05, 4.69) is 0 Å². The Kier molecular flexibility index (Phi) is 3.55. The second kappa shape index (κ2) is 5.12. The maximum atomic E-state index is 12.9. The first kappa shape index (κ1) is 12.5. The van der Waals surface area contributed by atoms with Crippen LogP contribution < -0.4 is 0 Å². The predicted octanol–water partition coefficient (Wildman–Crippen LogP) is 2.10. The molecule has 1 aromatic carbocycles. The molecule has 1 aliphatic rings. The van der Waals surface area contributed by atoms with E-state index < -0.39 is 0 Å². The molecule has 0 fully saturated rings. The van der Waals surface area contributed by atoms with Crippen LogP contribution in [0.3, 0.4) is 0 Å². The molecule has 18 heavy (non-hydrogen) atoms. The minimum atomic E-state index is -0.299. The van der Waals surface area contributed by atoms with Crippen molar-refractivity contribution in [3.05, 3.63) is 47.9 Å². The van der Waals surface area contributed by atoms with Crippen LogP contribution in [-0.2, 0) is 9.59 Å². The van der Waals surface area contributed by atoms with Crippen LogP contribution in [0, 0.1) is 11.7 Å². The zero-order valence-corrected chi connectivity index (χ0v) is 10.0. The van der Waals surface area contributed by atoms with Gasteiger partial charge < -0.3 is 9.69 Å². The number of carbonyl (C=O) groups excluding carboxylic acids is 2. The van der Waals surface area contributed by atoms with Gasteiger partial charge in [-0.3, -0.25) is 4.79 Å². The average Bonchev–Trinajstić information content (AvgIpc) is 2.39. The molecule has 1 heterocycles. The molecule has 1 unspecified atom stereocenters. The largest absolute Gasteiger partial charge is 0.319 e. The number of hydrogen-bond acceptors (Lipinski definition) is 2. The fraction of sp³-hybridized carbons (Fsp3) is 0.286. The van der Waals surface area contributed by atoms with Gasteiger partial charge in [-0.05, 0) is 17.7 Å². The molecular formula is C14H14FNO2. The van der Waals surface area contributed by atoms with Gasteiger partial charge in [0.1, 0.15) is 12.1 Å². The summed E-state index contributed by atoms with van der Waals surface area (Å²) in [6, 6.07) is 6.10. The monoisotopic (exact) mass is 247 g/mol. The topological polar surface area (TPSA) is 37.4 Å². The van der Waals surface area contributed by atoms with Gasteiger partial charge in [0, 0.05) is 31.5 Å². The lowest BCUT2D eigenvalue weighted by Crippen LogP contribution is -2.35. The van der Waals surface area contributed by atoms with Crippen LogP contribution >= 0.6 is 0 Å². The number of aldehydes is 1. The Morgan fingerprint density at radius 3 is 2.61 bits per heavy atom. The Bertz CT molecular complexity index is 481. The molecule has 4 heteroatoms. The molecule has 94 valence electrons. The van der Waals surface area contributed by atoms with Crippen LogP contribution in [0.1, 0.15) is 18.4 Å². The second-order valence-corrected chi connectivity index (χ2v) is 4.39. The molecule has 1 amide bonds. The standard InChI is InChI=1S/C14H14FNO2/c1-10(18)16-7-6-14(12(8-16)9-17)11-2-4-13(15)5-3-11/h2-7,9,12,14H,8H2,1H3/t12-,14?/m1/s1. The summed E-state index contributed by atoms with van der Waals surface area (Å²) >= 11 is 0. The fourth-order valence-electron chi connectivity index (χ4n) is 2.15. The van der Waals surface area contributed by atoms with Crippen LogP contribution in [0.15, 0.2) is 36.5 Å². The minimum absolute atomic E-state index is 0.0874. The highest BCUT2D eigenvalue weighted by atomic mass is 19.1. The van der Waals surface area contributed by atoms with Crippen molar-refractivity contribution >= 4 is 12.2 Å². The number of hydrogen-bond donors (Lipinski definition) is 0. The molecule has 0 saturated carbocycles. The normalized spacial score (nSPS) is 22.9. The van der Waals surface area contributed by atoms with Gasteiger partial charge in [0.25, 0.3) is 0 Å². The zero-order chi connectivity index (χ0) is 13.1. The minimum Gasteiger partial charge on any atom is -0.319 e. The van der Waals surface area contributed by atoms with Crippen molar-refractivity contribution in [2.75, 3.05) is 6.54 Å². The first-order valence-corrected chi connectivity index (χ1v) is 5.78. The van der Waals surface area contributed by atoms with E-state index in [0.717, 1.165) is 11.8 Å². The first-order chi connectivity index (χ1) is 8.61. The van der Waals surface area contributed by atoms with E-state index >= 15 is 0 Å². The van der Waals surface area contributed by atoms with Crippen molar-refractivity contribution in [1.82, 2.24) is 4.90 Å². The van der Waals surface area contributed by atoms with Gasteiger partial charge in [-0.25, -0.2) is 4.39 Å². The Labute approximate surface area is 105 Å². The first-order valence-electron chi connectivity index (χ1n) is 5.78. The smallest absolute Gasteiger partial charge is 0.223 e. The van der Waals surface area contributed by atoms with Gasteiger partial charge in [-0.15, -0.1) is 0 Å². The summed E-state index contributed by atoms with van der Waals surface area (Å²) in [6.07, 6.45) is 4.36. The van der Waals surface area contributed by atoms with Crippen molar-refractivity contribution in [2.24, 2.45) is 5.92 Å². The van der Waals surface area contributed by atoms with Gasteiger partial charge in [-0.1, -0.05) is 18.2 Å². The van der Waals surface area contributed by atoms with E-state index in [4.69, 9.17) is 0 Å². The van der Waals surface area contributed by atoms with Crippen molar-refractivity contribution in [1.29, 1.82) is 0 Å². The average molecular weight is 247 g/mol. The van der Waals surface area contributed by atoms with Gasteiger partial charge in [0.2, 0.25) is 5.91 Å². The molecule has 0 N–H and O–H groups in total. The molecule has 0 saturated heterocycles. The third-order valence-electron chi connectivity index (χ3n) is 3.18. The molecule has 1 aromatic rings. The summed E-state index contributed by atoms with van der Waals surface area (Å²) in [6.45, 7) is 1.84. The van der Waals surface area contributed by atoms with Gasteiger partial charge >= 0.3 is 0 Å². The number of nitrogens with zero attached hydrogens (tertiary/aromatic N) is 1. The quantitative estimate of drug-likeness (QED) is 0.750. The van der Waals surface area contributed by atoms with Gasteiger partial charge in [0.05, 0.1) is 0 Å². The molecule has 0 spiro atoms. The maximum Gasteiger partial charge on any atom is 0.223 e. The molecule has 1 aliphatic heterocycles. The van der Waals surface area contributed by atoms with E-state index in [9.17, 15) is 14.0 Å². The van der Waals surface area contributed by atoms with E-state index in [1.807, 2.05) is 6.08 Å². The third kappa shape index (κ3) is 2.47. The van der Waals surface area contributed by atoms with E-state index in [0.29, 0.717) is 6.54 Å². The molecule has 2 atom stereocenters. The van der Waals surface area contributed by atoms with Crippen molar-refractivity contribution < 1.29 is 14.0 Å². The van der Waals surface area contributed by atoms with Crippen LogP contribution in [0.2, 0.25) is 0 Å². The third-order valence-corrected chi connectivity index (χ3v) is 3.18. The van der Waals surface area contributed by atoms with Crippen molar-refractivity contribution in [2.45, 2.75) is 12.8 Å². The fourth-order valence-corrected chi connectivity index (χ4v) is 2.15. The maximum absolute atomic E-state index is 12.9. The second-order valence-electron chi connectivity index (χ2n) is 4.39. The van der Waals surface area contributed by atoms with Crippen molar-refractivity contribution in [3.63, 3.8) is 0 Å². The van der Waals surface area contributed by atoms with Crippen molar-refractivity contribution in [3.8, 4) is 0 Å². The molecule has 0 aromatic heterocycles. The van der Waals surface area contributed by atoms with E-state index in [1.54, 1.807) is 18.3 Å². The highest BCUT2D eigenvalue weighted by Gasteiger charge is 2.27. The van der Waals surface area contributed by atoms with Crippen LogP contribution in [-0.4, -0.2) is 23.6 Å². The summed E-state index contributed by atoms with van der Waals surface area (Å²) in [5.41, 5.74) is 0.882. The Hall–Kier alpha value is -1.97. The highest BCUT2D eigenvalue weighted by molar-refractivity contribution is 5.75. The molecule has 0 bridgehead atoms. The number of rotatable bonds is 2. The predicted molar refractivity (Wildman–Crippen MR) is 65.2 cm³/mol. The van der Waals surface area contributed by atoms with Crippen LogP contribution in [0.4, 0.5) is 4.39 Å². The van der Waals surface area contributed by atoms with E-state index in [1.165, 1.54) is 24.0 Å². The van der Waals surface area contributed by atoms with E-state index in [-0.39, 0.29) is 23.6 Å². The Morgan fingerprint density at radius 1 is 1.39 bits per heavy atom. The lowest BCUT2D eigenvalue weighted by molar-refractivity contribution is -0.127. The number of carbonyl (C=O) groups is 2. The Morgan fingerprint density at radius 2 is 2.06 bits per heavy atom. The van der Waals surface area contributed by atoms with Gasteiger partial charge in [0.15, 0.2) is 0 Å². The molecule has 3 nitrogen and oxygen atoms in total. The highest BCUT2D eigenvalue weighted by Crippen LogP contribution is 2.29. The molecule has 0 radical (unpaired) electrons. The summed E-state index contributed by atoms with van der Waals surface area (Å²) in [5.74, 6) is -0.773. The number of halogens is 1. The number of allylic oxidation sites excluding steroid dienone is 1. The van der Waals surface area contributed by atoms with Crippen LogP contribution in [0.25, 0.3) is 0 Å². The summed E-state index contributed by atoms with van der Waals surface area (Å²) < 4.78 is 12.9. The lowest BCUT2D eigenvalue weighted by Gasteiger charge is -2.30. The number of benzene rings is 1. The molecule has 0 aliphatic carbocycles. The summed E-state index contributed by atoms with van der Waals surface area (Å²) in [5, 5.41) is 0. The lowest BCUT2D eigenvalue weighted by atomic mass is 9.84. The zero-order valence-electron chi connectivity index (χ0n) is 10.0. The molecular weight excluding hydrogens is 233 g/mol. The summed E-state index contributed by atoms with van der Waals surface area (Å²) in [4.78, 5) is 23.9. The SMILES string of the molecule is CC(=O)N1C=CC(c2ccc(F)cc2)[C@@H](C=O)C1. The molecule has 2 rings (SSSR count). The summed E-state index contributed by atoms with van der Waals surface area (Å²) in [7, 11) is 0. The number of amides is 1. The Balaban J connectivity index is 2.27.